The highest BCUT2D eigenvalue weighted by atomic mass is 32.2. The van der Waals surface area contributed by atoms with Crippen molar-refractivity contribution < 1.29 is 22.4 Å². The number of hydrogen-bond acceptors (Lipinski definition) is 7. The van der Waals surface area contributed by atoms with Crippen molar-refractivity contribution in [2.45, 2.75) is 18.2 Å². The minimum absolute atomic E-state index is 0.0595. The summed E-state index contributed by atoms with van der Waals surface area (Å²) in [6.07, 6.45) is 1.25. The molecule has 1 amide bonds. The van der Waals surface area contributed by atoms with E-state index in [0.29, 0.717) is 12.2 Å². The van der Waals surface area contributed by atoms with Crippen LogP contribution in [0, 0.1) is 0 Å². The molecule has 8 nitrogen and oxygen atoms in total. The Morgan fingerprint density at radius 3 is 2.57 bits per heavy atom. The average molecular weight is 401 g/mol. The molecule has 0 radical (unpaired) electrons. The molecule has 9 heteroatoms. The van der Waals surface area contributed by atoms with E-state index in [-0.39, 0.29) is 29.1 Å². The van der Waals surface area contributed by atoms with Crippen molar-refractivity contribution >= 4 is 21.8 Å². The number of benzene rings is 2. The van der Waals surface area contributed by atoms with Gasteiger partial charge in [-0.15, -0.1) is 5.10 Å². The molecule has 1 heterocycles. The third kappa shape index (κ3) is 4.95. The SMILES string of the molecule is CCOc1ccc(CC(=O)Nc2nnc(-c3cccc(S(C)(=O)=O)c3)o2)cc1. The minimum Gasteiger partial charge on any atom is -0.494 e. The quantitative estimate of drug-likeness (QED) is 0.648. The van der Waals surface area contributed by atoms with Gasteiger partial charge in [-0.25, -0.2) is 8.42 Å². The Balaban J connectivity index is 1.66. The van der Waals surface area contributed by atoms with Gasteiger partial charge in [0, 0.05) is 11.8 Å². The van der Waals surface area contributed by atoms with E-state index in [1.54, 1.807) is 36.4 Å². The molecule has 3 rings (SSSR count). The molecule has 0 spiro atoms. The summed E-state index contributed by atoms with van der Waals surface area (Å²) < 4.78 is 34.1. The predicted octanol–water partition coefficient (Wildman–Crippen LogP) is 2.72. The van der Waals surface area contributed by atoms with Crippen LogP contribution in [0.4, 0.5) is 6.01 Å². The maximum Gasteiger partial charge on any atom is 0.322 e. The van der Waals surface area contributed by atoms with E-state index in [0.717, 1.165) is 17.6 Å². The van der Waals surface area contributed by atoms with Crippen LogP contribution < -0.4 is 10.1 Å². The second-order valence-electron chi connectivity index (χ2n) is 6.01. The third-order valence-corrected chi connectivity index (χ3v) is 4.89. The van der Waals surface area contributed by atoms with E-state index in [9.17, 15) is 13.2 Å². The summed E-state index contributed by atoms with van der Waals surface area (Å²) >= 11 is 0. The number of nitrogens with zero attached hydrogens (tertiary/aromatic N) is 2. The summed E-state index contributed by atoms with van der Waals surface area (Å²) in [4.78, 5) is 12.3. The zero-order valence-electron chi connectivity index (χ0n) is 15.4. The van der Waals surface area contributed by atoms with Gasteiger partial charge < -0.3 is 9.15 Å². The second kappa shape index (κ2) is 8.22. The van der Waals surface area contributed by atoms with Crippen LogP contribution in [0.3, 0.4) is 0 Å². The van der Waals surface area contributed by atoms with Crippen LogP contribution >= 0.6 is 0 Å². The second-order valence-corrected chi connectivity index (χ2v) is 8.03. The first-order valence-corrected chi connectivity index (χ1v) is 10.4. The molecule has 0 aliphatic heterocycles. The summed E-state index contributed by atoms with van der Waals surface area (Å²) in [5.41, 5.74) is 1.25. The number of anilines is 1. The first-order valence-electron chi connectivity index (χ1n) is 8.51. The summed E-state index contributed by atoms with van der Waals surface area (Å²) in [5.74, 6) is 0.538. The highest BCUT2D eigenvalue weighted by Crippen LogP contribution is 2.23. The molecule has 0 unspecified atom stereocenters. The maximum absolute atomic E-state index is 12.2. The normalized spacial score (nSPS) is 11.2. The van der Waals surface area contributed by atoms with Gasteiger partial charge in [-0.05, 0) is 42.8 Å². The van der Waals surface area contributed by atoms with Crippen molar-refractivity contribution in [2.75, 3.05) is 18.2 Å². The lowest BCUT2D eigenvalue weighted by molar-refractivity contribution is -0.115. The van der Waals surface area contributed by atoms with Gasteiger partial charge in [0.2, 0.25) is 11.8 Å². The summed E-state index contributed by atoms with van der Waals surface area (Å²) in [6.45, 7) is 2.48. The van der Waals surface area contributed by atoms with Gasteiger partial charge in [0.15, 0.2) is 9.84 Å². The summed E-state index contributed by atoms with van der Waals surface area (Å²) in [5, 5.41) is 10.2. The molecule has 0 saturated carbocycles. The van der Waals surface area contributed by atoms with Gasteiger partial charge in [0.25, 0.3) is 0 Å². The van der Waals surface area contributed by atoms with E-state index < -0.39 is 9.84 Å². The standard InChI is InChI=1S/C19H19N3O5S/c1-3-26-15-9-7-13(8-10-15)11-17(23)20-19-22-21-18(27-19)14-5-4-6-16(12-14)28(2,24)25/h4-10,12H,3,11H2,1-2H3,(H,20,22,23). The first-order chi connectivity index (χ1) is 13.3. The van der Waals surface area contributed by atoms with Crippen molar-refractivity contribution in [3.05, 3.63) is 54.1 Å². The van der Waals surface area contributed by atoms with Crippen LogP contribution in [0.1, 0.15) is 12.5 Å². The van der Waals surface area contributed by atoms with Crippen molar-refractivity contribution in [3.8, 4) is 17.2 Å². The molecule has 146 valence electrons. The maximum atomic E-state index is 12.2. The van der Waals surface area contributed by atoms with Gasteiger partial charge in [-0.3, -0.25) is 10.1 Å². The fourth-order valence-corrected chi connectivity index (χ4v) is 3.14. The smallest absolute Gasteiger partial charge is 0.322 e. The van der Waals surface area contributed by atoms with E-state index in [2.05, 4.69) is 15.5 Å². The van der Waals surface area contributed by atoms with Gasteiger partial charge in [-0.1, -0.05) is 23.3 Å². The van der Waals surface area contributed by atoms with Crippen LogP contribution in [0.2, 0.25) is 0 Å². The summed E-state index contributed by atoms with van der Waals surface area (Å²) in [7, 11) is -3.36. The van der Waals surface area contributed by atoms with E-state index in [4.69, 9.17) is 9.15 Å². The highest BCUT2D eigenvalue weighted by Gasteiger charge is 2.14. The monoisotopic (exact) mass is 401 g/mol. The zero-order chi connectivity index (χ0) is 20.1. The Morgan fingerprint density at radius 1 is 1.14 bits per heavy atom. The van der Waals surface area contributed by atoms with Crippen LogP contribution in [-0.4, -0.2) is 37.4 Å². The molecule has 1 N–H and O–H groups in total. The fourth-order valence-electron chi connectivity index (χ4n) is 2.47. The summed E-state index contributed by atoms with van der Waals surface area (Å²) in [6, 6.07) is 13.3. The number of aromatic nitrogens is 2. The van der Waals surface area contributed by atoms with E-state index >= 15 is 0 Å². The Morgan fingerprint density at radius 2 is 1.89 bits per heavy atom. The molecule has 0 bridgehead atoms. The van der Waals surface area contributed by atoms with E-state index in [1.165, 1.54) is 12.1 Å². The van der Waals surface area contributed by atoms with Gasteiger partial charge in [-0.2, -0.15) is 0 Å². The van der Waals surface area contributed by atoms with Crippen molar-refractivity contribution in [2.24, 2.45) is 0 Å². The minimum atomic E-state index is -3.36. The molecule has 0 atom stereocenters. The van der Waals surface area contributed by atoms with Crippen LogP contribution in [0.5, 0.6) is 5.75 Å². The molecule has 0 aliphatic rings. The molecular weight excluding hydrogens is 382 g/mol. The number of carbonyl (C=O) groups excluding carboxylic acids is 1. The number of amides is 1. The Bertz CT molecular complexity index is 1070. The van der Waals surface area contributed by atoms with Gasteiger partial charge in [0.05, 0.1) is 17.9 Å². The topological polar surface area (TPSA) is 111 Å². The predicted molar refractivity (Wildman–Crippen MR) is 103 cm³/mol. The lowest BCUT2D eigenvalue weighted by Crippen LogP contribution is -2.14. The molecule has 28 heavy (non-hydrogen) atoms. The number of carbonyl (C=O) groups is 1. The Labute approximate surface area is 162 Å². The molecule has 0 aliphatic carbocycles. The Kier molecular flexibility index (Phi) is 5.74. The van der Waals surface area contributed by atoms with Gasteiger partial charge in [0.1, 0.15) is 5.75 Å². The van der Waals surface area contributed by atoms with Crippen LogP contribution in [0.15, 0.2) is 57.8 Å². The number of ether oxygens (including phenoxy) is 1. The highest BCUT2D eigenvalue weighted by molar-refractivity contribution is 7.90. The van der Waals surface area contributed by atoms with Gasteiger partial charge >= 0.3 is 6.01 Å². The molecule has 3 aromatic rings. The van der Waals surface area contributed by atoms with Crippen molar-refractivity contribution in [1.82, 2.24) is 10.2 Å². The zero-order valence-corrected chi connectivity index (χ0v) is 16.2. The Hall–Kier alpha value is -3.20. The lowest BCUT2D eigenvalue weighted by Gasteiger charge is -2.04. The molecule has 1 aromatic heterocycles. The van der Waals surface area contributed by atoms with Crippen molar-refractivity contribution in [3.63, 3.8) is 0 Å². The largest absolute Gasteiger partial charge is 0.494 e. The average Bonchev–Trinajstić information content (AvgIpc) is 3.11. The number of hydrogen-bond donors (Lipinski definition) is 1. The lowest BCUT2D eigenvalue weighted by atomic mass is 10.1. The molecular formula is C19H19N3O5S. The number of nitrogens with one attached hydrogen (secondary N) is 1. The number of rotatable bonds is 7. The third-order valence-electron chi connectivity index (χ3n) is 3.78. The van der Waals surface area contributed by atoms with E-state index in [1.807, 2.05) is 6.92 Å². The first kappa shape index (κ1) is 19.6. The van der Waals surface area contributed by atoms with Crippen LogP contribution in [-0.2, 0) is 21.1 Å². The molecule has 2 aromatic carbocycles. The van der Waals surface area contributed by atoms with Crippen molar-refractivity contribution in [1.29, 1.82) is 0 Å². The van der Waals surface area contributed by atoms with Crippen LogP contribution in [0.25, 0.3) is 11.5 Å². The molecule has 0 saturated heterocycles. The molecule has 0 fully saturated rings. The fraction of sp³-hybridized carbons (Fsp3) is 0.211. The number of sulfone groups is 1.